The molecule has 0 bridgehead atoms. The second kappa shape index (κ2) is 21.0. The van der Waals surface area contributed by atoms with Crippen LogP contribution in [0.3, 0.4) is 0 Å². The molecule has 3 rings (SSSR count). The van der Waals surface area contributed by atoms with E-state index in [1.807, 2.05) is 36.6 Å². The molecule has 0 aliphatic heterocycles. The third kappa shape index (κ3) is 13.0. The molecule has 0 aliphatic carbocycles. The first-order valence-electron chi connectivity index (χ1n) is 16.3. The summed E-state index contributed by atoms with van der Waals surface area (Å²) in [4.78, 5) is 41.4. The first-order chi connectivity index (χ1) is 23.1. The van der Waals surface area contributed by atoms with E-state index in [2.05, 4.69) is 21.2 Å². The number of hydrogen-bond donors (Lipinski definition) is 4. The lowest BCUT2D eigenvalue weighted by Gasteiger charge is -2.29. The number of rotatable bonds is 24. The van der Waals surface area contributed by atoms with E-state index in [9.17, 15) is 9.59 Å². The van der Waals surface area contributed by atoms with Crippen LogP contribution in [0, 0.1) is 0 Å². The number of benzene rings is 1. The quantitative estimate of drug-likeness (QED) is 0.0496. The van der Waals surface area contributed by atoms with Gasteiger partial charge in [0.2, 0.25) is 0 Å². The Morgan fingerprint density at radius 1 is 0.854 bits per heavy atom. The highest BCUT2D eigenvalue weighted by Crippen LogP contribution is 2.33. The summed E-state index contributed by atoms with van der Waals surface area (Å²) in [5.74, 6) is 0.101. The molecular formula is C33H48N4O10S. The number of ether oxygens (including phenoxy) is 2. The van der Waals surface area contributed by atoms with E-state index < -0.39 is 11.4 Å². The van der Waals surface area contributed by atoms with Gasteiger partial charge in [-0.3, -0.25) is 35.3 Å². The number of hydrogen-bond acceptors (Lipinski definition) is 14. The summed E-state index contributed by atoms with van der Waals surface area (Å²) in [6.45, 7) is 5.20. The SMILES string of the molecule is CCCCc1ncc(C(C)(Cc2cccs2)C(=O)OCCCCCON(O)O)n1Cc1ccc(C(=O)OCCCCCON(O)O)cc1. The normalized spacial score (nSPS) is 12.8. The zero-order chi connectivity index (χ0) is 34.8. The molecule has 3 aromatic rings. The second-order valence-electron chi connectivity index (χ2n) is 11.6. The minimum absolute atomic E-state index is 0.133. The van der Waals surface area contributed by atoms with Gasteiger partial charge in [-0.1, -0.05) is 31.5 Å². The van der Waals surface area contributed by atoms with Gasteiger partial charge in [-0.2, -0.15) is 0 Å². The van der Waals surface area contributed by atoms with E-state index in [4.69, 9.17) is 35.3 Å². The fraction of sp³-hybridized carbons (Fsp3) is 0.545. The molecule has 266 valence electrons. The number of esters is 2. The predicted octanol–water partition coefficient (Wildman–Crippen LogP) is 5.90. The van der Waals surface area contributed by atoms with Gasteiger partial charge in [0.15, 0.2) is 0 Å². The summed E-state index contributed by atoms with van der Waals surface area (Å²) in [7, 11) is 0. The summed E-state index contributed by atoms with van der Waals surface area (Å²) >= 11 is 1.58. The smallest absolute Gasteiger partial charge is 0.338 e. The zero-order valence-corrected chi connectivity index (χ0v) is 28.5. The highest BCUT2D eigenvalue weighted by Gasteiger charge is 2.41. The van der Waals surface area contributed by atoms with Crippen molar-refractivity contribution in [3.05, 3.63) is 75.5 Å². The van der Waals surface area contributed by atoms with E-state index in [0.717, 1.165) is 41.2 Å². The van der Waals surface area contributed by atoms with Gasteiger partial charge in [0.05, 0.1) is 48.5 Å². The Labute approximate surface area is 284 Å². The van der Waals surface area contributed by atoms with Crippen LogP contribution in [-0.4, -0.2) is 79.5 Å². The van der Waals surface area contributed by atoms with Crippen LogP contribution in [0.1, 0.15) is 97.5 Å². The molecular weight excluding hydrogens is 644 g/mol. The van der Waals surface area contributed by atoms with Gasteiger partial charge in [0, 0.05) is 30.5 Å². The van der Waals surface area contributed by atoms with E-state index in [0.29, 0.717) is 57.1 Å². The number of carbonyl (C=O) groups is 2. The molecule has 48 heavy (non-hydrogen) atoms. The average Bonchev–Trinajstić information content (AvgIpc) is 3.72. The van der Waals surface area contributed by atoms with E-state index >= 15 is 0 Å². The van der Waals surface area contributed by atoms with Crippen molar-refractivity contribution in [2.75, 3.05) is 26.4 Å². The minimum atomic E-state index is -1.02. The Hall–Kier alpha value is -3.25. The predicted molar refractivity (Wildman–Crippen MR) is 173 cm³/mol. The maximum atomic E-state index is 13.9. The van der Waals surface area contributed by atoms with Crippen molar-refractivity contribution >= 4 is 23.3 Å². The van der Waals surface area contributed by atoms with E-state index in [-0.39, 0.29) is 43.2 Å². The van der Waals surface area contributed by atoms with Crippen LogP contribution in [0.25, 0.3) is 0 Å². The Bertz CT molecular complexity index is 1350. The molecule has 2 heterocycles. The first kappa shape index (κ1) is 39.2. The van der Waals surface area contributed by atoms with Crippen molar-refractivity contribution in [2.24, 2.45) is 0 Å². The lowest BCUT2D eigenvalue weighted by Crippen LogP contribution is -2.39. The van der Waals surface area contributed by atoms with Gasteiger partial charge in [-0.15, -0.1) is 11.3 Å². The minimum Gasteiger partial charge on any atom is -0.465 e. The topological polar surface area (TPSA) is 176 Å². The van der Waals surface area contributed by atoms with Gasteiger partial charge < -0.3 is 14.0 Å². The zero-order valence-electron chi connectivity index (χ0n) is 27.7. The number of thiophene rings is 1. The number of carbonyl (C=O) groups excluding carboxylic acids is 2. The molecule has 0 radical (unpaired) electrons. The molecule has 0 spiro atoms. The van der Waals surface area contributed by atoms with Crippen molar-refractivity contribution in [1.29, 1.82) is 0 Å². The van der Waals surface area contributed by atoms with Gasteiger partial charge >= 0.3 is 11.9 Å². The van der Waals surface area contributed by atoms with Crippen molar-refractivity contribution in [1.82, 2.24) is 20.3 Å². The number of imidazole rings is 1. The summed E-state index contributed by atoms with van der Waals surface area (Å²) in [5.41, 5.74) is 1.10. The highest BCUT2D eigenvalue weighted by molar-refractivity contribution is 7.09. The van der Waals surface area contributed by atoms with Gasteiger partial charge in [0.25, 0.3) is 0 Å². The van der Waals surface area contributed by atoms with Gasteiger partial charge in [-0.25, -0.2) is 9.78 Å². The van der Waals surface area contributed by atoms with Gasteiger partial charge in [-0.05, 0) is 81.0 Å². The molecule has 4 N–H and O–H groups in total. The summed E-state index contributed by atoms with van der Waals surface area (Å²) in [5, 5.41) is 35.7. The van der Waals surface area contributed by atoms with Crippen molar-refractivity contribution in [3.8, 4) is 0 Å². The van der Waals surface area contributed by atoms with Crippen LogP contribution in [0.4, 0.5) is 0 Å². The number of aromatic nitrogens is 2. The maximum Gasteiger partial charge on any atom is 0.338 e. The molecule has 15 heteroatoms. The molecule has 14 nitrogen and oxygen atoms in total. The van der Waals surface area contributed by atoms with Crippen LogP contribution in [0.2, 0.25) is 0 Å². The fourth-order valence-corrected chi connectivity index (χ4v) is 6.01. The molecule has 1 aromatic carbocycles. The molecule has 0 saturated carbocycles. The van der Waals surface area contributed by atoms with Crippen molar-refractivity contribution < 1.29 is 49.6 Å². The van der Waals surface area contributed by atoms with Crippen LogP contribution < -0.4 is 0 Å². The van der Waals surface area contributed by atoms with E-state index in [1.54, 1.807) is 29.7 Å². The standard InChI is InChI=1S/C33H48N4O10S/c1-3-4-13-30-34-24-29(33(2,23-28-12-11-22-48-28)32(39)45-19-8-6-10-21-47-37(42)43)35(30)25-26-14-16-27(17-15-26)31(38)44-18-7-5-9-20-46-36(40)41/h11-12,14-17,22,24,40-43H,3-10,13,18-21,23,25H2,1-2H3. The molecule has 0 aliphatic rings. The van der Waals surface area contributed by atoms with Crippen LogP contribution in [-0.2, 0) is 48.7 Å². The average molecular weight is 693 g/mol. The first-order valence-corrected chi connectivity index (χ1v) is 17.1. The monoisotopic (exact) mass is 692 g/mol. The molecule has 0 fully saturated rings. The number of aryl methyl sites for hydroxylation is 1. The molecule has 1 unspecified atom stereocenters. The van der Waals surface area contributed by atoms with E-state index in [1.165, 1.54) is 0 Å². The second-order valence-corrected chi connectivity index (χ2v) is 12.6. The van der Waals surface area contributed by atoms with Gasteiger partial charge in [0.1, 0.15) is 11.2 Å². The molecule has 2 aromatic heterocycles. The largest absolute Gasteiger partial charge is 0.465 e. The number of nitrogens with zero attached hydrogens (tertiary/aromatic N) is 4. The molecule has 0 saturated heterocycles. The van der Waals surface area contributed by atoms with Crippen molar-refractivity contribution in [2.45, 2.75) is 90.0 Å². The Morgan fingerprint density at radius 2 is 1.48 bits per heavy atom. The Morgan fingerprint density at radius 3 is 2.06 bits per heavy atom. The highest BCUT2D eigenvalue weighted by atomic mass is 32.1. The Kier molecular flexibility index (Phi) is 17.1. The summed E-state index contributed by atoms with van der Waals surface area (Å²) < 4.78 is 13.3. The lowest BCUT2D eigenvalue weighted by atomic mass is 9.82. The molecule has 0 amide bonds. The third-order valence-corrected chi connectivity index (χ3v) is 8.68. The third-order valence-electron chi connectivity index (χ3n) is 7.80. The van der Waals surface area contributed by atoms with Crippen LogP contribution >= 0.6 is 11.3 Å². The lowest BCUT2D eigenvalue weighted by molar-refractivity contribution is -0.492. The van der Waals surface area contributed by atoms with Crippen molar-refractivity contribution in [3.63, 3.8) is 0 Å². The summed E-state index contributed by atoms with van der Waals surface area (Å²) in [6, 6.07) is 11.2. The van der Waals surface area contributed by atoms with Crippen LogP contribution in [0.5, 0.6) is 0 Å². The van der Waals surface area contributed by atoms with Crippen LogP contribution in [0.15, 0.2) is 48.0 Å². The fourth-order valence-electron chi connectivity index (χ4n) is 5.15. The molecule has 1 atom stereocenters. The Balaban J connectivity index is 1.72. The summed E-state index contributed by atoms with van der Waals surface area (Å²) in [6.07, 6.45) is 8.64. The maximum absolute atomic E-state index is 13.9. The number of unbranched alkanes of at least 4 members (excludes halogenated alkanes) is 5.